The number of likely N-dealkylation sites (tertiary alicyclic amines) is 1. The summed E-state index contributed by atoms with van der Waals surface area (Å²) in [4.78, 5) is 1.88. The highest BCUT2D eigenvalue weighted by atomic mass is 19.4. The summed E-state index contributed by atoms with van der Waals surface area (Å²) in [6.07, 6.45) is -2.71. The molecule has 0 aromatic heterocycles. The lowest BCUT2D eigenvalue weighted by atomic mass is 10.0. The molecule has 2 rings (SSSR count). The second kappa shape index (κ2) is 7.50. The zero-order valence-electron chi connectivity index (χ0n) is 12.4. The molecule has 1 fully saturated rings. The highest BCUT2D eigenvalue weighted by Gasteiger charge is 2.29. The SMILES string of the molecule is N#CCc1ccc(NC2CCN(CCC(F)(F)F)CC2)cc1. The minimum absolute atomic E-state index is 0.0963. The second-order valence-corrected chi connectivity index (χ2v) is 5.66. The highest BCUT2D eigenvalue weighted by molar-refractivity contribution is 5.45. The fourth-order valence-electron chi connectivity index (χ4n) is 2.63. The number of piperidine rings is 1. The number of halogens is 3. The third kappa shape index (κ3) is 5.57. The summed E-state index contributed by atoms with van der Waals surface area (Å²) >= 11 is 0. The van der Waals surface area contributed by atoms with Crippen molar-refractivity contribution in [2.24, 2.45) is 0 Å². The van der Waals surface area contributed by atoms with Gasteiger partial charge in [0.25, 0.3) is 0 Å². The van der Waals surface area contributed by atoms with Crippen LogP contribution in [0.3, 0.4) is 0 Å². The second-order valence-electron chi connectivity index (χ2n) is 5.66. The third-order valence-electron chi connectivity index (χ3n) is 3.91. The Bertz CT molecular complexity index is 497. The minimum atomic E-state index is -4.07. The fraction of sp³-hybridized carbons (Fsp3) is 0.562. The first-order valence-corrected chi connectivity index (χ1v) is 7.48. The Balaban J connectivity index is 1.74. The van der Waals surface area contributed by atoms with Gasteiger partial charge in [0, 0.05) is 31.4 Å². The van der Waals surface area contributed by atoms with Gasteiger partial charge in [0.2, 0.25) is 0 Å². The molecule has 1 saturated heterocycles. The van der Waals surface area contributed by atoms with E-state index in [9.17, 15) is 13.2 Å². The van der Waals surface area contributed by atoms with Gasteiger partial charge in [-0.25, -0.2) is 0 Å². The van der Waals surface area contributed by atoms with Crippen molar-refractivity contribution in [2.45, 2.75) is 37.9 Å². The van der Waals surface area contributed by atoms with Crippen LogP contribution in [0.5, 0.6) is 0 Å². The van der Waals surface area contributed by atoms with E-state index in [2.05, 4.69) is 11.4 Å². The van der Waals surface area contributed by atoms with Crippen LogP contribution in [0.4, 0.5) is 18.9 Å². The molecule has 120 valence electrons. The molecule has 1 aliphatic heterocycles. The Morgan fingerprint density at radius 1 is 1.18 bits per heavy atom. The Hall–Kier alpha value is -1.74. The maximum absolute atomic E-state index is 12.2. The van der Waals surface area contributed by atoms with Crippen molar-refractivity contribution in [1.29, 1.82) is 5.26 Å². The predicted molar refractivity (Wildman–Crippen MR) is 79.5 cm³/mol. The van der Waals surface area contributed by atoms with E-state index in [0.717, 1.165) is 24.1 Å². The first kappa shape index (κ1) is 16.6. The van der Waals surface area contributed by atoms with E-state index in [1.54, 1.807) is 0 Å². The van der Waals surface area contributed by atoms with E-state index >= 15 is 0 Å². The van der Waals surface area contributed by atoms with Gasteiger partial charge in [-0.05, 0) is 30.5 Å². The van der Waals surface area contributed by atoms with Crippen molar-refractivity contribution in [2.75, 3.05) is 25.0 Å². The summed E-state index contributed by atoms with van der Waals surface area (Å²) in [7, 11) is 0. The normalized spacial score (nSPS) is 17.2. The lowest BCUT2D eigenvalue weighted by molar-refractivity contribution is -0.138. The first-order chi connectivity index (χ1) is 10.5. The topological polar surface area (TPSA) is 39.1 Å². The van der Waals surface area contributed by atoms with Gasteiger partial charge in [-0.2, -0.15) is 18.4 Å². The molecule has 0 aliphatic carbocycles. The van der Waals surface area contributed by atoms with Gasteiger partial charge in [-0.1, -0.05) is 12.1 Å². The van der Waals surface area contributed by atoms with E-state index in [-0.39, 0.29) is 6.54 Å². The summed E-state index contributed by atoms with van der Waals surface area (Å²) in [5.41, 5.74) is 1.98. The molecule has 0 unspecified atom stereocenters. The Morgan fingerprint density at radius 2 is 1.82 bits per heavy atom. The number of anilines is 1. The number of benzene rings is 1. The van der Waals surface area contributed by atoms with Crippen LogP contribution in [0.15, 0.2) is 24.3 Å². The molecule has 1 heterocycles. The van der Waals surface area contributed by atoms with E-state index in [1.165, 1.54) is 0 Å². The van der Waals surface area contributed by atoms with Crippen molar-refractivity contribution in [3.8, 4) is 6.07 Å². The van der Waals surface area contributed by atoms with Crippen molar-refractivity contribution >= 4 is 5.69 Å². The molecule has 22 heavy (non-hydrogen) atoms. The number of nitrogens with one attached hydrogen (secondary N) is 1. The van der Waals surface area contributed by atoms with E-state index in [1.807, 2.05) is 29.2 Å². The Kier molecular flexibility index (Phi) is 5.67. The highest BCUT2D eigenvalue weighted by Crippen LogP contribution is 2.22. The van der Waals surface area contributed by atoms with Gasteiger partial charge >= 0.3 is 6.18 Å². The van der Waals surface area contributed by atoms with Gasteiger partial charge < -0.3 is 10.2 Å². The van der Waals surface area contributed by atoms with Crippen molar-refractivity contribution in [3.63, 3.8) is 0 Å². The van der Waals surface area contributed by atoms with Crippen LogP contribution in [0, 0.1) is 11.3 Å². The molecular formula is C16H20F3N3. The number of nitriles is 1. The van der Waals surface area contributed by atoms with Crippen LogP contribution in [-0.2, 0) is 6.42 Å². The van der Waals surface area contributed by atoms with Gasteiger partial charge in [0.05, 0.1) is 18.9 Å². The number of alkyl halides is 3. The number of hydrogen-bond acceptors (Lipinski definition) is 3. The number of nitrogens with zero attached hydrogens (tertiary/aromatic N) is 2. The zero-order valence-corrected chi connectivity index (χ0v) is 12.4. The van der Waals surface area contributed by atoms with Gasteiger partial charge in [-0.15, -0.1) is 0 Å². The van der Waals surface area contributed by atoms with E-state index in [4.69, 9.17) is 5.26 Å². The molecule has 0 saturated carbocycles. The monoisotopic (exact) mass is 311 g/mol. The number of rotatable bonds is 5. The summed E-state index contributed by atoms with van der Waals surface area (Å²) in [5, 5.41) is 12.0. The molecule has 3 nitrogen and oxygen atoms in total. The van der Waals surface area contributed by atoms with Gasteiger partial charge in [0.15, 0.2) is 0 Å². The maximum atomic E-state index is 12.2. The lowest BCUT2D eigenvalue weighted by Gasteiger charge is -2.33. The average Bonchev–Trinajstić information content (AvgIpc) is 2.48. The Morgan fingerprint density at radius 3 is 2.36 bits per heavy atom. The molecule has 0 atom stereocenters. The van der Waals surface area contributed by atoms with Crippen molar-refractivity contribution in [1.82, 2.24) is 4.90 Å². The molecule has 0 bridgehead atoms. The van der Waals surface area contributed by atoms with Gasteiger partial charge in [0.1, 0.15) is 0 Å². The standard InChI is InChI=1S/C16H20F3N3/c17-16(18,19)8-12-22-10-6-15(7-11-22)21-14-3-1-13(2-4-14)5-9-20/h1-4,15,21H,5-8,10-12H2. The number of hydrogen-bond donors (Lipinski definition) is 1. The summed E-state index contributed by atoms with van der Waals surface area (Å²) in [6, 6.07) is 10.1. The lowest BCUT2D eigenvalue weighted by Crippen LogP contribution is -2.40. The molecule has 1 aromatic carbocycles. The van der Waals surface area contributed by atoms with Gasteiger partial charge in [-0.3, -0.25) is 0 Å². The van der Waals surface area contributed by atoms with Crippen LogP contribution < -0.4 is 5.32 Å². The zero-order chi connectivity index (χ0) is 16.0. The molecule has 6 heteroatoms. The molecule has 1 aromatic rings. The average molecular weight is 311 g/mol. The maximum Gasteiger partial charge on any atom is 0.390 e. The third-order valence-corrected chi connectivity index (χ3v) is 3.91. The first-order valence-electron chi connectivity index (χ1n) is 7.48. The quantitative estimate of drug-likeness (QED) is 0.903. The smallest absolute Gasteiger partial charge is 0.382 e. The van der Waals surface area contributed by atoms with E-state index in [0.29, 0.717) is 25.6 Å². The fourth-order valence-corrected chi connectivity index (χ4v) is 2.63. The minimum Gasteiger partial charge on any atom is -0.382 e. The van der Waals surface area contributed by atoms with E-state index < -0.39 is 12.6 Å². The molecule has 0 amide bonds. The molecular weight excluding hydrogens is 291 g/mol. The Labute approximate surface area is 128 Å². The molecule has 1 aliphatic rings. The summed E-state index contributed by atoms with van der Waals surface area (Å²) in [5.74, 6) is 0. The largest absolute Gasteiger partial charge is 0.390 e. The van der Waals surface area contributed by atoms with Crippen LogP contribution in [-0.4, -0.2) is 36.8 Å². The van der Waals surface area contributed by atoms with Crippen LogP contribution >= 0.6 is 0 Å². The van der Waals surface area contributed by atoms with Crippen LogP contribution in [0.1, 0.15) is 24.8 Å². The van der Waals surface area contributed by atoms with Crippen molar-refractivity contribution in [3.05, 3.63) is 29.8 Å². The van der Waals surface area contributed by atoms with Crippen molar-refractivity contribution < 1.29 is 13.2 Å². The molecule has 1 N–H and O–H groups in total. The summed E-state index contributed by atoms with van der Waals surface area (Å²) in [6.45, 7) is 1.49. The predicted octanol–water partition coefficient (Wildman–Crippen LogP) is 3.58. The molecule has 0 radical (unpaired) electrons. The van der Waals surface area contributed by atoms with Crippen LogP contribution in [0.2, 0.25) is 0 Å². The molecule has 0 spiro atoms. The summed E-state index contributed by atoms with van der Waals surface area (Å²) < 4.78 is 36.6. The van der Waals surface area contributed by atoms with Crippen LogP contribution in [0.25, 0.3) is 0 Å².